The number of ether oxygens (including phenoxy) is 2. The van der Waals surface area contributed by atoms with Crippen LogP contribution in [0.25, 0.3) is 0 Å². The van der Waals surface area contributed by atoms with Gasteiger partial charge in [-0.15, -0.1) is 0 Å². The van der Waals surface area contributed by atoms with Crippen LogP contribution in [0.15, 0.2) is 24.3 Å². The number of carbonyl (C=O) groups excluding carboxylic acids is 2. The highest BCUT2D eigenvalue weighted by atomic mass is 19.1. The summed E-state index contributed by atoms with van der Waals surface area (Å²) < 4.78 is 39.0. The fourth-order valence-corrected chi connectivity index (χ4v) is 6.55. The molecule has 0 radical (unpaired) electrons. The van der Waals surface area contributed by atoms with Crippen LogP contribution in [-0.4, -0.2) is 36.5 Å². The predicted molar refractivity (Wildman–Crippen MR) is 165 cm³/mol. The molecule has 0 spiro atoms. The number of aryl methyl sites for hydroxylation is 2. The molecular weight excluding hydrogens is 534 g/mol. The van der Waals surface area contributed by atoms with Crippen LogP contribution in [0.5, 0.6) is 0 Å². The Balaban J connectivity index is 1.26. The summed E-state index contributed by atoms with van der Waals surface area (Å²) in [6.07, 6.45) is 14.7. The third kappa shape index (κ3) is 12.7. The Labute approximate surface area is 253 Å². The molecule has 2 saturated carbocycles. The first kappa shape index (κ1) is 34.5. The number of benzene rings is 1. The quantitative estimate of drug-likeness (QED) is 0.126. The van der Waals surface area contributed by atoms with E-state index in [2.05, 4.69) is 38.1 Å². The maximum Gasteiger partial charge on any atom is 0.340 e. The summed E-state index contributed by atoms with van der Waals surface area (Å²) in [4.78, 5) is 24.1. The van der Waals surface area contributed by atoms with Crippen LogP contribution >= 0.6 is 0 Å². The van der Waals surface area contributed by atoms with Crippen LogP contribution in [0.3, 0.4) is 0 Å². The van der Waals surface area contributed by atoms with Crippen molar-refractivity contribution in [1.82, 2.24) is 0 Å². The summed E-state index contributed by atoms with van der Waals surface area (Å²) in [6, 6.07) is 9.03. The van der Waals surface area contributed by atoms with Gasteiger partial charge in [0.1, 0.15) is 12.2 Å². The minimum absolute atomic E-state index is 0.120. The van der Waals surface area contributed by atoms with Gasteiger partial charge in [0, 0.05) is 0 Å². The summed E-state index contributed by atoms with van der Waals surface area (Å²) >= 11 is 0. The lowest BCUT2D eigenvalue weighted by atomic mass is 9.83. The van der Waals surface area contributed by atoms with E-state index >= 15 is 0 Å². The molecule has 0 bridgehead atoms. The first-order valence-corrected chi connectivity index (χ1v) is 17.1. The highest BCUT2D eigenvalue weighted by Crippen LogP contribution is 2.32. The van der Waals surface area contributed by atoms with Gasteiger partial charge in [-0.1, -0.05) is 63.8 Å². The number of halogens is 2. The third-order valence-corrected chi connectivity index (χ3v) is 9.49. The van der Waals surface area contributed by atoms with Crippen LogP contribution in [0.2, 0.25) is 0 Å². The lowest BCUT2D eigenvalue weighted by Gasteiger charge is -2.29. The second-order valence-electron chi connectivity index (χ2n) is 13.0. The van der Waals surface area contributed by atoms with Crippen molar-refractivity contribution in [2.75, 3.05) is 0 Å². The van der Waals surface area contributed by atoms with Gasteiger partial charge in [-0.05, 0) is 126 Å². The Bertz CT molecular complexity index is 815. The average Bonchev–Trinajstić information content (AvgIpc) is 3.01. The average molecular weight is 591 g/mol. The summed E-state index contributed by atoms with van der Waals surface area (Å²) in [5, 5.41) is 0. The predicted octanol–water partition coefficient (Wildman–Crippen LogP) is 9.59. The molecule has 2 aliphatic carbocycles. The fourth-order valence-electron chi connectivity index (χ4n) is 6.55. The molecule has 6 heteroatoms. The molecule has 42 heavy (non-hydrogen) atoms. The summed E-state index contributed by atoms with van der Waals surface area (Å²) in [5.74, 6) is -0.0478. The molecule has 2 atom stereocenters. The van der Waals surface area contributed by atoms with E-state index < -0.39 is 24.3 Å². The molecular formula is C36H56F2O4. The minimum Gasteiger partial charge on any atom is -0.460 e. The van der Waals surface area contributed by atoms with Crippen molar-refractivity contribution in [3.63, 3.8) is 0 Å². The Morgan fingerprint density at radius 1 is 0.643 bits per heavy atom. The van der Waals surface area contributed by atoms with Gasteiger partial charge in [-0.3, -0.25) is 0 Å². The zero-order chi connectivity index (χ0) is 30.2. The van der Waals surface area contributed by atoms with Crippen molar-refractivity contribution in [2.24, 2.45) is 11.8 Å². The lowest BCUT2D eigenvalue weighted by molar-refractivity contribution is -0.158. The Morgan fingerprint density at radius 3 is 1.33 bits per heavy atom. The maximum atomic E-state index is 14.0. The van der Waals surface area contributed by atoms with E-state index in [9.17, 15) is 18.4 Å². The van der Waals surface area contributed by atoms with Crippen molar-refractivity contribution < 1.29 is 27.8 Å². The normalized spacial score (nSPS) is 24.1. The zero-order valence-electron chi connectivity index (χ0n) is 26.3. The molecule has 0 amide bonds. The van der Waals surface area contributed by atoms with Crippen molar-refractivity contribution in [1.29, 1.82) is 0 Å². The second-order valence-corrected chi connectivity index (χ2v) is 13.0. The number of hydrogen-bond donors (Lipinski definition) is 0. The summed E-state index contributed by atoms with van der Waals surface area (Å²) in [5.41, 5.74) is 2.73. The van der Waals surface area contributed by atoms with Gasteiger partial charge in [0.25, 0.3) is 0 Å². The van der Waals surface area contributed by atoms with Gasteiger partial charge in [0.15, 0.2) is 12.3 Å². The van der Waals surface area contributed by atoms with Gasteiger partial charge in [-0.2, -0.15) is 0 Å². The molecule has 0 saturated heterocycles. The molecule has 3 rings (SSSR count). The van der Waals surface area contributed by atoms with Gasteiger partial charge >= 0.3 is 11.9 Å². The van der Waals surface area contributed by atoms with E-state index in [1.54, 1.807) is 0 Å². The molecule has 1 aromatic carbocycles. The van der Waals surface area contributed by atoms with Gasteiger partial charge in [-0.25, -0.2) is 18.4 Å². The number of esters is 2. The summed E-state index contributed by atoms with van der Waals surface area (Å²) in [7, 11) is 0. The standard InChI is InChI=1S/C36H56F2O4/c1-3-5-7-9-33(37)35(39)41-31-23-19-29(20-24-31)17-15-27-11-13-28(14-12-27)16-18-30-21-25-32(26-22-30)42-36(40)34(38)10-8-6-4-2/h11-14,29-34H,3-10,15-26H2,1-2H3/t29-,30-,31-,32-,33-,34-/m0/s1. The van der Waals surface area contributed by atoms with Crippen LogP contribution in [0.1, 0.15) is 141 Å². The number of unbranched alkanes of at least 4 members (excludes halogenated alkanes) is 4. The van der Waals surface area contributed by atoms with E-state index in [0.717, 1.165) is 116 Å². The largest absolute Gasteiger partial charge is 0.460 e. The molecule has 0 aromatic heterocycles. The van der Waals surface area contributed by atoms with Crippen LogP contribution < -0.4 is 0 Å². The topological polar surface area (TPSA) is 52.6 Å². The molecule has 1 aromatic rings. The number of carbonyl (C=O) groups is 2. The number of rotatable bonds is 18. The molecule has 0 aliphatic heterocycles. The van der Waals surface area contributed by atoms with Crippen molar-refractivity contribution >= 4 is 11.9 Å². The van der Waals surface area contributed by atoms with Gasteiger partial charge in [0.05, 0.1) is 0 Å². The van der Waals surface area contributed by atoms with Gasteiger partial charge < -0.3 is 9.47 Å². The molecule has 4 nitrogen and oxygen atoms in total. The molecule has 2 fully saturated rings. The van der Waals surface area contributed by atoms with Crippen LogP contribution in [0.4, 0.5) is 8.78 Å². The van der Waals surface area contributed by atoms with Crippen molar-refractivity contribution in [2.45, 2.75) is 167 Å². The number of alkyl halides is 2. The second kappa shape index (κ2) is 19.3. The first-order chi connectivity index (χ1) is 20.4. The van der Waals surface area contributed by atoms with Crippen LogP contribution in [0, 0.1) is 11.8 Å². The van der Waals surface area contributed by atoms with E-state index in [0.29, 0.717) is 11.8 Å². The van der Waals surface area contributed by atoms with E-state index in [1.807, 2.05) is 0 Å². The highest BCUT2D eigenvalue weighted by Gasteiger charge is 2.28. The highest BCUT2D eigenvalue weighted by molar-refractivity contribution is 5.75. The van der Waals surface area contributed by atoms with E-state index in [4.69, 9.17) is 9.47 Å². The SMILES string of the molecule is CCCCC[C@H](F)C(=O)O[C@H]1CC[C@H](CCc2ccc(CC[C@H]3CC[C@H](OC(=O)[C@@H](F)CCCCC)CC3)cc2)CC1. The fraction of sp³-hybridized carbons (Fsp3) is 0.778. The van der Waals surface area contributed by atoms with E-state index in [1.165, 1.54) is 11.1 Å². The Hall–Kier alpha value is -1.98. The number of hydrogen-bond acceptors (Lipinski definition) is 4. The molecule has 238 valence electrons. The monoisotopic (exact) mass is 590 g/mol. The molecule has 0 unspecified atom stereocenters. The Kier molecular flexibility index (Phi) is 15.9. The smallest absolute Gasteiger partial charge is 0.340 e. The maximum absolute atomic E-state index is 14.0. The Morgan fingerprint density at radius 2 is 1.00 bits per heavy atom. The van der Waals surface area contributed by atoms with E-state index in [-0.39, 0.29) is 25.0 Å². The molecule has 0 N–H and O–H groups in total. The first-order valence-electron chi connectivity index (χ1n) is 17.1. The lowest BCUT2D eigenvalue weighted by Crippen LogP contribution is -2.29. The van der Waals surface area contributed by atoms with Crippen molar-refractivity contribution in [3.05, 3.63) is 35.4 Å². The summed E-state index contributed by atoms with van der Waals surface area (Å²) in [6.45, 7) is 4.14. The third-order valence-electron chi connectivity index (χ3n) is 9.49. The van der Waals surface area contributed by atoms with Crippen molar-refractivity contribution in [3.8, 4) is 0 Å². The minimum atomic E-state index is -1.47. The molecule has 0 heterocycles. The van der Waals surface area contributed by atoms with Gasteiger partial charge in [0.2, 0.25) is 0 Å². The molecule has 2 aliphatic rings. The van der Waals surface area contributed by atoms with Crippen LogP contribution in [-0.2, 0) is 31.9 Å². The zero-order valence-corrected chi connectivity index (χ0v) is 26.3.